The fourth-order valence-electron chi connectivity index (χ4n) is 3.48. The Kier molecular flexibility index (Phi) is 4.44. The average Bonchev–Trinajstić information content (AvgIpc) is 2.27. The third-order valence-electron chi connectivity index (χ3n) is 4.08. The molecule has 0 aromatic carbocycles. The highest BCUT2D eigenvalue weighted by atomic mass is 16.5. The van der Waals surface area contributed by atoms with Crippen LogP contribution in [0.4, 0.5) is 0 Å². The lowest BCUT2D eigenvalue weighted by molar-refractivity contribution is -0.140. The average molecular weight is 253 g/mol. The molecule has 18 heavy (non-hydrogen) atoms. The van der Waals surface area contributed by atoms with Gasteiger partial charge in [-0.3, -0.25) is 9.69 Å². The number of carbonyl (C=O) groups is 1. The van der Waals surface area contributed by atoms with E-state index in [1.165, 1.54) is 19.3 Å². The molecule has 0 bridgehead atoms. The second-order valence-electron chi connectivity index (χ2n) is 6.66. The molecule has 104 valence electrons. The van der Waals surface area contributed by atoms with Crippen molar-refractivity contribution in [1.82, 2.24) is 4.90 Å². The molecule has 3 nitrogen and oxygen atoms in total. The van der Waals surface area contributed by atoms with Crippen LogP contribution in [0.25, 0.3) is 0 Å². The van der Waals surface area contributed by atoms with Crippen LogP contribution < -0.4 is 0 Å². The Morgan fingerprint density at radius 1 is 1.28 bits per heavy atom. The van der Waals surface area contributed by atoms with Crippen LogP contribution in [0.2, 0.25) is 0 Å². The Bertz CT molecular complexity index is 295. The molecule has 2 rings (SSSR count). The van der Waals surface area contributed by atoms with Gasteiger partial charge in [0.15, 0.2) is 0 Å². The summed E-state index contributed by atoms with van der Waals surface area (Å²) >= 11 is 0. The maximum absolute atomic E-state index is 12.3. The molecule has 1 heterocycles. The van der Waals surface area contributed by atoms with Gasteiger partial charge in [-0.05, 0) is 33.6 Å². The lowest BCUT2D eigenvalue weighted by atomic mass is 9.86. The molecule has 1 aliphatic carbocycles. The Morgan fingerprint density at radius 3 is 2.56 bits per heavy atom. The maximum atomic E-state index is 12.3. The molecular formula is C15H27NO2. The fourth-order valence-corrected chi connectivity index (χ4v) is 3.48. The first-order valence-electron chi connectivity index (χ1n) is 7.39. The van der Waals surface area contributed by atoms with Crippen molar-refractivity contribution in [2.45, 2.75) is 64.6 Å². The van der Waals surface area contributed by atoms with Crippen LogP contribution in [0, 0.1) is 5.92 Å². The van der Waals surface area contributed by atoms with E-state index in [9.17, 15) is 4.79 Å². The largest absolute Gasteiger partial charge is 0.370 e. The van der Waals surface area contributed by atoms with Crippen molar-refractivity contribution in [2.24, 2.45) is 5.92 Å². The zero-order chi connectivity index (χ0) is 13.2. The minimum Gasteiger partial charge on any atom is -0.370 e. The summed E-state index contributed by atoms with van der Waals surface area (Å²) in [6.07, 6.45) is 6.24. The van der Waals surface area contributed by atoms with E-state index >= 15 is 0 Å². The topological polar surface area (TPSA) is 29.5 Å². The smallest absolute Gasteiger partial charge is 0.149 e. The predicted octanol–water partition coefficient (Wildman–Crippen LogP) is 2.64. The first-order chi connectivity index (χ1) is 8.46. The molecule has 1 atom stereocenters. The molecule has 2 fully saturated rings. The molecular weight excluding hydrogens is 226 g/mol. The van der Waals surface area contributed by atoms with Gasteiger partial charge < -0.3 is 4.74 Å². The van der Waals surface area contributed by atoms with Gasteiger partial charge in [0, 0.05) is 19.0 Å². The van der Waals surface area contributed by atoms with Crippen molar-refractivity contribution in [1.29, 1.82) is 0 Å². The number of carbonyl (C=O) groups excluding carboxylic acids is 1. The second kappa shape index (κ2) is 5.70. The molecule has 1 saturated carbocycles. The lowest BCUT2D eigenvalue weighted by Gasteiger charge is -2.41. The molecule has 0 spiro atoms. The van der Waals surface area contributed by atoms with E-state index in [1.807, 2.05) is 0 Å². The van der Waals surface area contributed by atoms with E-state index in [2.05, 4.69) is 25.7 Å². The van der Waals surface area contributed by atoms with Crippen LogP contribution in [0.1, 0.15) is 52.9 Å². The van der Waals surface area contributed by atoms with Gasteiger partial charge in [-0.1, -0.05) is 19.3 Å². The van der Waals surface area contributed by atoms with Gasteiger partial charge in [0.05, 0.1) is 18.2 Å². The monoisotopic (exact) mass is 253 g/mol. The molecule has 1 aliphatic heterocycles. The van der Waals surface area contributed by atoms with Gasteiger partial charge in [-0.15, -0.1) is 0 Å². The first kappa shape index (κ1) is 14.0. The fraction of sp³-hybridized carbons (Fsp3) is 0.933. The molecule has 0 N–H and O–H groups in total. The van der Waals surface area contributed by atoms with Crippen molar-refractivity contribution < 1.29 is 9.53 Å². The maximum Gasteiger partial charge on any atom is 0.149 e. The van der Waals surface area contributed by atoms with Crippen LogP contribution in [0.3, 0.4) is 0 Å². The van der Waals surface area contributed by atoms with Gasteiger partial charge in [-0.25, -0.2) is 0 Å². The van der Waals surface area contributed by atoms with Crippen molar-refractivity contribution in [3.8, 4) is 0 Å². The van der Waals surface area contributed by atoms with E-state index in [0.717, 1.165) is 25.9 Å². The van der Waals surface area contributed by atoms with Gasteiger partial charge in [0.1, 0.15) is 5.78 Å². The van der Waals surface area contributed by atoms with Crippen molar-refractivity contribution in [2.75, 3.05) is 19.6 Å². The number of nitrogens with zero attached hydrogens (tertiary/aromatic N) is 1. The van der Waals surface area contributed by atoms with Crippen molar-refractivity contribution in [3.05, 3.63) is 0 Å². The number of rotatable bonds is 3. The summed E-state index contributed by atoms with van der Waals surface area (Å²) in [5, 5.41) is 0. The number of Topliss-reactive ketones (excluding diaryl/α,β-unsaturated/α-hetero) is 1. The quantitative estimate of drug-likeness (QED) is 0.774. The van der Waals surface area contributed by atoms with Gasteiger partial charge >= 0.3 is 0 Å². The number of morpholine rings is 1. The summed E-state index contributed by atoms with van der Waals surface area (Å²) in [6.45, 7) is 8.71. The number of hydrogen-bond acceptors (Lipinski definition) is 3. The minimum absolute atomic E-state index is 0.121. The number of hydrogen-bond donors (Lipinski definition) is 0. The molecule has 1 unspecified atom stereocenters. The summed E-state index contributed by atoms with van der Waals surface area (Å²) in [7, 11) is 0. The van der Waals surface area contributed by atoms with Crippen LogP contribution in [-0.2, 0) is 9.53 Å². The summed E-state index contributed by atoms with van der Waals surface area (Å²) in [5.74, 6) is 0.791. The highest BCUT2D eigenvalue weighted by Crippen LogP contribution is 2.26. The van der Waals surface area contributed by atoms with Crippen LogP contribution in [-0.4, -0.2) is 42.0 Å². The zero-order valence-corrected chi connectivity index (χ0v) is 12.1. The van der Waals surface area contributed by atoms with Crippen LogP contribution >= 0.6 is 0 Å². The highest BCUT2D eigenvalue weighted by molar-refractivity contribution is 5.83. The Balaban J connectivity index is 1.86. The first-order valence-corrected chi connectivity index (χ1v) is 7.39. The summed E-state index contributed by atoms with van der Waals surface area (Å²) in [5.41, 5.74) is -0.121. The molecule has 0 amide bonds. The second-order valence-corrected chi connectivity index (χ2v) is 6.66. The minimum atomic E-state index is -0.121. The Labute approximate surface area is 111 Å². The van der Waals surface area contributed by atoms with Gasteiger partial charge in [0.25, 0.3) is 0 Å². The standard InChI is InChI=1S/C15H27NO2/c1-12-9-16(11-15(2,3)18-12)10-14(17)13-7-5-4-6-8-13/h12-13H,4-11H2,1-3H3. The highest BCUT2D eigenvalue weighted by Gasteiger charge is 2.33. The molecule has 1 saturated heterocycles. The number of ether oxygens (including phenoxy) is 1. The SMILES string of the molecule is CC1CN(CC(=O)C2CCCCC2)CC(C)(C)O1. The molecule has 0 radical (unpaired) electrons. The van der Waals surface area contributed by atoms with Crippen LogP contribution in [0.5, 0.6) is 0 Å². The van der Waals surface area contributed by atoms with Crippen LogP contribution in [0.15, 0.2) is 0 Å². The Morgan fingerprint density at radius 2 is 1.94 bits per heavy atom. The van der Waals surface area contributed by atoms with E-state index in [1.54, 1.807) is 0 Å². The van der Waals surface area contributed by atoms with Crippen molar-refractivity contribution in [3.63, 3.8) is 0 Å². The Hall–Kier alpha value is -0.410. The summed E-state index contributed by atoms with van der Waals surface area (Å²) in [4.78, 5) is 14.6. The third-order valence-corrected chi connectivity index (χ3v) is 4.08. The lowest BCUT2D eigenvalue weighted by Crippen LogP contribution is -2.53. The van der Waals surface area contributed by atoms with E-state index in [4.69, 9.17) is 4.74 Å². The predicted molar refractivity (Wildman–Crippen MR) is 72.6 cm³/mol. The molecule has 2 aliphatic rings. The van der Waals surface area contributed by atoms with E-state index in [0.29, 0.717) is 18.2 Å². The van der Waals surface area contributed by atoms with Gasteiger partial charge in [-0.2, -0.15) is 0 Å². The normalized spacial score (nSPS) is 30.3. The third kappa shape index (κ3) is 3.79. The van der Waals surface area contributed by atoms with E-state index in [-0.39, 0.29) is 11.7 Å². The van der Waals surface area contributed by atoms with Crippen molar-refractivity contribution >= 4 is 5.78 Å². The van der Waals surface area contributed by atoms with E-state index < -0.39 is 0 Å². The number of ketones is 1. The summed E-state index contributed by atoms with van der Waals surface area (Å²) in [6, 6.07) is 0. The molecule has 0 aromatic rings. The molecule has 3 heteroatoms. The molecule has 0 aromatic heterocycles. The zero-order valence-electron chi connectivity index (χ0n) is 12.1. The van der Waals surface area contributed by atoms with Gasteiger partial charge in [0.2, 0.25) is 0 Å². The summed E-state index contributed by atoms with van der Waals surface area (Å²) < 4.78 is 5.88.